The van der Waals surface area contributed by atoms with Gasteiger partial charge in [0, 0.05) is 12.0 Å². The predicted molar refractivity (Wildman–Crippen MR) is 74.8 cm³/mol. The Balaban J connectivity index is 1.83. The van der Waals surface area contributed by atoms with Gasteiger partial charge in [-0.1, -0.05) is 27.7 Å². The molecule has 2 aliphatic carbocycles. The van der Waals surface area contributed by atoms with Gasteiger partial charge in [0.1, 0.15) is 6.10 Å². The van der Waals surface area contributed by atoms with Crippen LogP contribution in [0.15, 0.2) is 0 Å². The molecule has 3 nitrogen and oxygen atoms in total. The van der Waals surface area contributed by atoms with E-state index in [2.05, 4.69) is 27.7 Å². The van der Waals surface area contributed by atoms with Gasteiger partial charge in [0.05, 0.1) is 13.0 Å². The van der Waals surface area contributed by atoms with E-state index < -0.39 is 0 Å². The van der Waals surface area contributed by atoms with Crippen molar-refractivity contribution in [3.63, 3.8) is 0 Å². The molecule has 0 aromatic heterocycles. The van der Waals surface area contributed by atoms with Crippen molar-refractivity contribution in [2.75, 3.05) is 13.2 Å². The van der Waals surface area contributed by atoms with Crippen molar-refractivity contribution in [2.45, 2.75) is 65.9 Å². The first-order valence-corrected chi connectivity index (χ1v) is 7.69. The monoisotopic (exact) mass is 268 g/mol. The van der Waals surface area contributed by atoms with Crippen molar-refractivity contribution in [3.05, 3.63) is 0 Å². The minimum absolute atomic E-state index is 0.0920. The molecule has 3 unspecified atom stereocenters. The zero-order valence-corrected chi connectivity index (χ0v) is 12.8. The number of hydrogen-bond donors (Lipinski definition) is 0. The third kappa shape index (κ3) is 2.54. The van der Waals surface area contributed by atoms with Gasteiger partial charge in [-0.15, -0.1) is 0 Å². The van der Waals surface area contributed by atoms with E-state index in [1.165, 1.54) is 12.8 Å². The Bertz CT molecular complexity index is 337. The quantitative estimate of drug-likeness (QED) is 0.546. The summed E-state index contributed by atoms with van der Waals surface area (Å²) in [6.45, 7) is 10.3. The van der Waals surface area contributed by atoms with Crippen LogP contribution < -0.4 is 0 Å². The number of carbonyl (C=O) groups is 1. The lowest BCUT2D eigenvalue weighted by molar-refractivity contribution is -0.158. The molecule has 0 aliphatic heterocycles. The number of fused-ring (bicyclic) bond motifs is 2. The number of hydrogen-bond acceptors (Lipinski definition) is 3. The Labute approximate surface area is 117 Å². The summed E-state index contributed by atoms with van der Waals surface area (Å²) in [7, 11) is 0. The summed E-state index contributed by atoms with van der Waals surface area (Å²) < 4.78 is 11.1. The SMILES string of the molecule is CCCOCCC(=O)OC1CC2CCC1(C)C2(C)C. The molecule has 0 N–H and O–H groups in total. The lowest BCUT2D eigenvalue weighted by Crippen LogP contribution is -2.38. The lowest BCUT2D eigenvalue weighted by Gasteiger charge is -2.38. The van der Waals surface area contributed by atoms with Gasteiger partial charge in [-0.3, -0.25) is 4.79 Å². The Hall–Kier alpha value is -0.570. The fourth-order valence-electron chi connectivity index (χ4n) is 3.93. The van der Waals surface area contributed by atoms with Gasteiger partial charge in [-0.2, -0.15) is 0 Å². The van der Waals surface area contributed by atoms with Crippen LogP contribution in [0.1, 0.15) is 59.8 Å². The van der Waals surface area contributed by atoms with E-state index in [4.69, 9.17) is 9.47 Å². The predicted octanol–water partition coefficient (Wildman–Crippen LogP) is 3.56. The molecular weight excluding hydrogens is 240 g/mol. The minimum atomic E-state index is -0.0920. The van der Waals surface area contributed by atoms with Gasteiger partial charge in [-0.05, 0) is 37.0 Å². The summed E-state index contributed by atoms with van der Waals surface area (Å²) in [5.74, 6) is 0.623. The zero-order valence-electron chi connectivity index (χ0n) is 12.8. The Morgan fingerprint density at radius 2 is 2.00 bits per heavy atom. The average Bonchev–Trinajstić information content (AvgIpc) is 2.68. The van der Waals surface area contributed by atoms with Gasteiger partial charge >= 0.3 is 5.97 Å². The third-order valence-electron chi connectivity index (χ3n) is 5.79. The van der Waals surface area contributed by atoms with Crippen LogP contribution in [0.2, 0.25) is 0 Å². The average molecular weight is 268 g/mol. The number of esters is 1. The first kappa shape index (κ1) is 14.8. The second kappa shape index (κ2) is 5.43. The second-order valence-corrected chi connectivity index (χ2v) is 6.95. The van der Waals surface area contributed by atoms with Crippen LogP contribution in [0.25, 0.3) is 0 Å². The highest BCUT2D eigenvalue weighted by Crippen LogP contribution is 2.66. The molecule has 2 aliphatic rings. The van der Waals surface area contributed by atoms with E-state index in [9.17, 15) is 4.79 Å². The fourth-order valence-corrected chi connectivity index (χ4v) is 3.93. The summed E-state index contributed by atoms with van der Waals surface area (Å²) in [5, 5.41) is 0. The van der Waals surface area contributed by atoms with Crippen molar-refractivity contribution in [2.24, 2.45) is 16.7 Å². The minimum Gasteiger partial charge on any atom is -0.462 e. The maximum atomic E-state index is 11.9. The van der Waals surface area contributed by atoms with Crippen molar-refractivity contribution >= 4 is 5.97 Å². The van der Waals surface area contributed by atoms with Gasteiger partial charge in [-0.25, -0.2) is 0 Å². The first-order chi connectivity index (χ1) is 8.91. The molecule has 2 rings (SSSR count). The summed E-state index contributed by atoms with van der Waals surface area (Å²) in [5.41, 5.74) is 0.467. The highest BCUT2D eigenvalue weighted by atomic mass is 16.5. The second-order valence-electron chi connectivity index (χ2n) is 6.95. The van der Waals surface area contributed by atoms with Crippen molar-refractivity contribution in [3.8, 4) is 0 Å². The molecule has 0 radical (unpaired) electrons. The molecule has 110 valence electrons. The van der Waals surface area contributed by atoms with Crippen LogP contribution >= 0.6 is 0 Å². The Morgan fingerprint density at radius 1 is 1.26 bits per heavy atom. The topological polar surface area (TPSA) is 35.5 Å². The first-order valence-electron chi connectivity index (χ1n) is 7.69. The molecule has 0 spiro atoms. The van der Waals surface area contributed by atoms with E-state index in [1.54, 1.807) is 0 Å². The van der Waals surface area contributed by atoms with Crippen LogP contribution in [-0.4, -0.2) is 25.3 Å². The molecule has 3 atom stereocenters. The molecule has 0 heterocycles. The highest BCUT2D eigenvalue weighted by molar-refractivity contribution is 5.69. The molecule has 2 bridgehead atoms. The Kier molecular flexibility index (Phi) is 4.24. The molecule has 0 aromatic carbocycles. The summed E-state index contributed by atoms with van der Waals surface area (Å²) in [4.78, 5) is 11.9. The highest BCUT2D eigenvalue weighted by Gasteiger charge is 2.62. The smallest absolute Gasteiger partial charge is 0.308 e. The van der Waals surface area contributed by atoms with Gasteiger partial charge < -0.3 is 9.47 Å². The normalized spacial score (nSPS) is 35.6. The molecular formula is C16H28O3. The standard InChI is InChI=1S/C16H28O3/c1-5-9-18-10-7-14(17)19-13-11-12-6-8-16(13,4)15(12,2)3/h12-13H,5-11H2,1-4H3. The van der Waals surface area contributed by atoms with Crippen molar-refractivity contribution in [1.82, 2.24) is 0 Å². The molecule has 0 amide bonds. The summed E-state index contributed by atoms with van der Waals surface area (Å²) in [6.07, 6.45) is 5.01. The van der Waals surface area contributed by atoms with Crippen LogP contribution in [0.4, 0.5) is 0 Å². The van der Waals surface area contributed by atoms with E-state index in [-0.39, 0.29) is 17.5 Å². The van der Waals surface area contributed by atoms with Crippen LogP contribution in [0.5, 0.6) is 0 Å². The molecule has 0 aromatic rings. The molecule has 3 heteroatoms. The van der Waals surface area contributed by atoms with Gasteiger partial charge in [0.2, 0.25) is 0 Å². The third-order valence-corrected chi connectivity index (χ3v) is 5.79. The summed E-state index contributed by atoms with van der Waals surface area (Å²) in [6, 6.07) is 0. The molecule has 0 saturated heterocycles. The van der Waals surface area contributed by atoms with Gasteiger partial charge in [0.25, 0.3) is 0 Å². The Morgan fingerprint density at radius 3 is 2.53 bits per heavy atom. The van der Waals surface area contributed by atoms with Gasteiger partial charge in [0.15, 0.2) is 0 Å². The van der Waals surface area contributed by atoms with E-state index in [0.717, 1.165) is 19.4 Å². The number of ether oxygens (including phenoxy) is 2. The molecule has 2 fully saturated rings. The van der Waals surface area contributed by atoms with E-state index in [1.807, 2.05) is 0 Å². The summed E-state index contributed by atoms with van der Waals surface area (Å²) >= 11 is 0. The van der Waals surface area contributed by atoms with E-state index in [0.29, 0.717) is 24.4 Å². The van der Waals surface area contributed by atoms with Crippen molar-refractivity contribution in [1.29, 1.82) is 0 Å². The zero-order chi connectivity index (χ0) is 14.1. The maximum Gasteiger partial charge on any atom is 0.308 e. The largest absolute Gasteiger partial charge is 0.462 e. The van der Waals surface area contributed by atoms with Crippen LogP contribution in [-0.2, 0) is 14.3 Å². The number of carbonyl (C=O) groups excluding carboxylic acids is 1. The van der Waals surface area contributed by atoms with Crippen LogP contribution in [0, 0.1) is 16.7 Å². The number of rotatable bonds is 6. The van der Waals surface area contributed by atoms with E-state index >= 15 is 0 Å². The lowest BCUT2D eigenvalue weighted by atomic mass is 9.70. The molecule has 2 saturated carbocycles. The maximum absolute atomic E-state index is 11.9. The van der Waals surface area contributed by atoms with Crippen LogP contribution in [0.3, 0.4) is 0 Å². The molecule has 19 heavy (non-hydrogen) atoms. The van der Waals surface area contributed by atoms with Crippen molar-refractivity contribution < 1.29 is 14.3 Å². The fraction of sp³-hybridized carbons (Fsp3) is 0.938.